The number of ether oxygens (including phenoxy) is 4. The summed E-state index contributed by atoms with van der Waals surface area (Å²) < 4.78 is 23.0. The second-order valence-electron chi connectivity index (χ2n) is 6.33. The van der Waals surface area contributed by atoms with Crippen LogP contribution in [0.4, 0.5) is 0 Å². The lowest BCUT2D eigenvalue weighted by Crippen LogP contribution is -2.46. The van der Waals surface area contributed by atoms with Gasteiger partial charge in [-0.1, -0.05) is 60.7 Å². The molecule has 5 heteroatoms. The van der Waals surface area contributed by atoms with Crippen LogP contribution in [-0.4, -0.2) is 30.9 Å². The van der Waals surface area contributed by atoms with E-state index in [1.807, 2.05) is 66.7 Å². The van der Waals surface area contributed by atoms with E-state index in [1.54, 1.807) is 6.26 Å². The van der Waals surface area contributed by atoms with Gasteiger partial charge in [0, 0.05) is 6.92 Å². The molecule has 0 aromatic heterocycles. The highest BCUT2D eigenvalue weighted by atomic mass is 16.6. The molecule has 1 aliphatic rings. The number of hydrogen-bond donors (Lipinski definition) is 0. The quantitative estimate of drug-likeness (QED) is 0.666. The topological polar surface area (TPSA) is 54.0 Å². The third-order valence-corrected chi connectivity index (χ3v) is 4.23. The predicted molar refractivity (Wildman–Crippen MR) is 101 cm³/mol. The number of benzene rings is 2. The van der Waals surface area contributed by atoms with E-state index in [4.69, 9.17) is 18.9 Å². The van der Waals surface area contributed by atoms with Gasteiger partial charge in [0.1, 0.15) is 18.8 Å². The van der Waals surface area contributed by atoms with Gasteiger partial charge in [0.15, 0.2) is 6.10 Å². The molecule has 2 aromatic carbocycles. The van der Waals surface area contributed by atoms with Gasteiger partial charge in [0.25, 0.3) is 0 Å². The molecule has 0 N–H and O–H groups in total. The van der Waals surface area contributed by atoms with E-state index >= 15 is 0 Å². The van der Waals surface area contributed by atoms with Gasteiger partial charge in [-0.15, -0.1) is 0 Å². The summed E-state index contributed by atoms with van der Waals surface area (Å²) in [5.74, 6) is -0.350. The molecule has 0 fully saturated rings. The molecule has 0 aliphatic carbocycles. The van der Waals surface area contributed by atoms with Crippen molar-refractivity contribution < 1.29 is 23.7 Å². The molecular weight excluding hydrogens is 344 g/mol. The Morgan fingerprint density at radius 1 is 0.926 bits per heavy atom. The van der Waals surface area contributed by atoms with E-state index in [2.05, 4.69) is 0 Å². The van der Waals surface area contributed by atoms with Crippen molar-refractivity contribution in [1.29, 1.82) is 0 Å². The summed E-state index contributed by atoms with van der Waals surface area (Å²) in [4.78, 5) is 11.2. The van der Waals surface area contributed by atoms with Crippen molar-refractivity contribution in [2.75, 3.05) is 6.61 Å². The van der Waals surface area contributed by atoms with Crippen LogP contribution in [0.3, 0.4) is 0 Å². The van der Waals surface area contributed by atoms with Gasteiger partial charge in [0.05, 0.1) is 19.5 Å². The maximum Gasteiger partial charge on any atom is 0.302 e. The number of esters is 1. The van der Waals surface area contributed by atoms with E-state index in [-0.39, 0.29) is 18.7 Å². The standard InChI is InChI=1S/C22H24O5/c1-17(23)25-16-21-22(27-15-19-10-6-3-7-11-19)20(12-13-24-21)26-14-18-8-4-2-5-9-18/h2-13,20-22H,14-16H2,1H3/t20-,21-,22+/m1/s1. The Morgan fingerprint density at radius 2 is 1.52 bits per heavy atom. The summed E-state index contributed by atoms with van der Waals surface area (Å²) in [6.07, 6.45) is 2.31. The van der Waals surface area contributed by atoms with Gasteiger partial charge in [-0.25, -0.2) is 0 Å². The molecule has 0 unspecified atom stereocenters. The van der Waals surface area contributed by atoms with Gasteiger partial charge in [0.2, 0.25) is 0 Å². The lowest BCUT2D eigenvalue weighted by molar-refractivity contribution is -0.161. The first-order valence-electron chi connectivity index (χ1n) is 8.99. The lowest BCUT2D eigenvalue weighted by atomic mass is 10.1. The molecule has 0 saturated carbocycles. The molecule has 0 radical (unpaired) electrons. The number of carbonyl (C=O) groups is 1. The van der Waals surface area contributed by atoms with Crippen molar-refractivity contribution in [2.24, 2.45) is 0 Å². The molecule has 3 rings (SSSR count). The molecule has 0 spiro atoms. The zero-order chi connectivity index (χ0) is 18.9. The molecule has 5 nitrogen and oxygen atoms in total. The fourth-order valence-electron chi connectivity index (χ4n) is 2.84. The third kappa shape index (κ3) is 5.94. The van der Waals surface area contributed by atoms with E-state index in [0.29, 0.717) is 13.2 Å². The Bertz CT molecular complexity index is 729. The van der Waals surface area contributed by atoms with E-state index in [1.165, 1.54) is 6.92 Å². The summed E-state index contributed by atoms with van der Waals surface area (Å²) in [5.41, 5.74) is 2.14. The molecule has 142 valence electrons. The third-order valence-electron chi connectivity index (χ3n) is 4.23. The highest BCUT2D eigenvalue weighted by Crippen LogP contribution is 2.22. The first-order valence-corrected chi connectivity index (χ1v) is 8.99. The normalized spacial score (nSPS) is 21.4. The maximum absolute atomic E-state index is 11.2. The minimum absolute atomic E-state index is 0.115. The first kappa shape index (κ1) is 19.1. The van der Waals surface area contributed by atoms with Crippen molar-refractivity contribution >= 4 is 5.97 Å². The number of rotatable bonds is 8. The molecule has 0 saturated heterocycles. The van der Waals surface area contributed by atoms with Crippen LogP contribution in [0.25, 0.3) is 0 Å². The van der Waals surface area contributed by atoms with Crippen LogP contribution in [0.5, 0.6) is 0 Å². The second kappa shape index (κ2) is 9.90. The Kier molecular flexibility index (Phi) is 7.02. The van der Waals surface area contributed by atoms with Gasteiger partial charge in [-0.05, 0) is 17.2 Å². The van der Waals surface area contributed by atoms with Crippen molar-refractivity contribution in [3.63, 3.8) is 0 Å². The minimum atomic E-state index is -0.427. The Morgan fingerprint density at radius 3 is 2.11 bits per heavy atom. The Labute approximate surface area is 159 Å². The number of hydrogen-bond acceptors (Lipinski definition) is 5. The number of carbonyl (C=O) groups excluding carboxylic acids is 1. The molecule has 27 heavy (non-hydrogen) atoms. The fourth-order valence-corrected chi connectivity index (χ4v) is 2.84. The average molecular weight is 368 g/mol. The summed E-state index contributed by atoms with van der Waals surface area (Å²) in [6, 6.07) is 19.9. The fraction of sp³-hybridized carbons (Fsp3) is 0.318. The largest absolute Gasteiger partial charge is 0.492 e. The second-order valence-corrected chi connectivity index (χ2v) is 6.33. The molecule has 1 aliphatic heterocycles. The van der Waals surface area contributed by atoms with Crippen LogP contribution >= 0.6 is 0 Å². The van der Waals surface area contributed by atoms with Crippen LogP contribution in [0.15, 0.2) is 73.0 Å². The van der Waals surface area contributed by atoms with Crippen molar-refractivity contribution in [1.82, 2.24) is 0 Å². The van der Waals surface area contributed by atoms with Crippen molar-refractivity contribution in [3.8, 4) is 0 Å². The van der Waals surface area contributed by atoms with E-state index in [0.717, 1.165) is 11.1 Å². The minimum Gasteiger partial charge on any atom is -0.492 e. The summed E-state index contributed by atoms with van der Waals surface area (Å²) in [6.45, 7) is 2.37. The van der Waals surface area contributed by atoms with Gasteiger partial charge < -0.3 is 18.9 Å². The SMILES string of the molecule is CC(=O)OC[C@H]1OC=C[C@@H](OCc2ccccc2)[C@@H]1OCc1ccccc1. The zero-order valence-corrected chi connectivity index (χ0v) is 15.3. The highest BCUT2D eigenvalue weighted by molar-refractivity contribution is 5.65. The van der Waals surface area contributed by atoms with Crippen LogP contribution in [0.1, 0.15) is 18.1 Å². The van der Waals surface area contributed by atoms with Crippen molar-refractivity contribution in [3.05, 3.63) is 84.1 Å². The van der Waals surface area contributed by atoms with Crippen molar-refractivity contribution in [2.45, 2.75) is 38.4 Å². The zero-order valence-electron chi connectivity index (χ0n) is 15.3. The molecular formula is C22H24O5. The monoisotopic (exact) mass is 368 g/mol. The molecule has 2 aromatic rings. The predicted octanol–water partition coefficient (Wildman–Crippen LogP) is 3.63. The van der Waals surface area contributed by atoms with Gasteiger partial charge >= 0.3 is 5.97 Å². The van der Waals surface area contributed by atoms with Crippen LogP contribution < -0.4 is 0 Å². The molecule has 0 amide bonds. The van der Waals surface area contributed by atoms with E-state index in [9.17, 15) is 4.79 Å². The molecule has 0 bridgehead atoms. The van der Waals surface area contributed by atoms with Crippen LogP contribution in [-0.2, 0) is 37.0 Å². The first-order chi connectivity index (χ1) is 13.2. The Balaban J connectivity index is 1.66. The van der Waals surface area contributed by atoms with Crippen LogP contribution in [0, 0.1) is 0 Å². The Hall–Kier alpha value is -2.63. The maximum atomic E-state index is 11.2. The smallest absolute Gasteiger partial charge is 0.302 e. The summed E-state index contributed by atoms with van der Waals surface area (Å²) in [7, 11) is 0. The highest BCUT2D eigenvalue weighted by Gasteiger charge is 2.34. The van der Waals surface area contributed by atoms with E-state index < -0.39 is 12.2 Å². The van der Waals surface area contributed by atoms with Crippen LogP contribution in [0.2, 0.25) is 0 Å². The molecule has 3 atom stereocenters. The summed E-state index contributed by atoms with van der Waals surface area (Å²) >= 11 is 0. The summed E-state index contributed by atoms with van der Waals surface area (Å²) in [5, 5.41) is 0. The van der Waals surface area contributed by atoms with Gasteiger partial charge in [-0.2, -0.15) is 0 Å². The van der Waals surface area contributed by atoms with Gasteiger partial charge in [-0.3, -0.25) is 4.79 Å². The lowest BCUT2D eigenvalue weighted by Gasteiger charge is -2.34. The molecule has 1 heterocycles. The average Bonchev–Trinajstić information content (AvgIpc) is 2.71.